The molecule has 2 saturated heterocycles. The highest BCUT2D eigenvalue weighted by Gasteiger charge is 2.34. The van der Waals surface area contributed by atoms with Crippen molar-refractivity contribution in [2.75, 3.05) is 44.0 Å². The van der Waals surface area contributed by atoms with E-state index in [1.165, 1.54) is 0 Å². The summed E-state index contributed by atoms with van der Waals surface area (Å²) in [5.74, 6) is 1.28. The van der Waals surface area contributed by atoms with E-state index in [1.54, 1.807) is 0 Å². The largest absolute Gasteiger partial charge is 0.381 e. The lowest BCUT2D eigenvalue weighted by Crippen LogP contribution is -2.39. The Morgan fingerprint density at radius 1 is 1.28 bits per heavy atom. The fourth-order valence-corrected chi connectivity index (χ4v) is 3.72. The predicted molar refractivity (Wildman–Crippen MR) is 99.9 cm³/mol. The first-order valence-electron chi connectivity index (χ1n) is 9.35. The molecule has 1 aromatic heterocycles. The van der Waals surface area contributed by atoms with E-state index in [9.17, 15) is 4.79 Å². The summed E-state index contributed by atoms with van der Waals surface area (Å²) in [7, 11) is 3.98. The summed E-state index contributed by atoms with van der Waals surface area (Å²) < 4.78 is 5.56. The number of anilines is 2. The van der Waals surface area contributed by atoms with Crippen LogP contribution in [0.25, 0.3) is 0 Å². The number of nitrogens with one attached hydrogen (secondary N) is 1. The van der Waals surface area contributed by atoms with Crippen LogP contribution in [0.3, 0.4) is 0 Å². The van der Waals surface area contributed by atoms with Crippen molar-refractivity contribution in [1.29, 1.82) is 0 Å². The lowest BCUT2D eigenvalue weighted by molar-refractivity contribution is -0.136. The first-order chi connectivity index (χ1) is 12.0. The average molecular weight is 346 g/mol. The lowest BCUT2D eigenvalue weighted by atomic mass is 10.0. The van der Waals surface area contributed by atoms with Crippen molar-refractivity contribution in [3.63, 3.8) is 0 Å². The molecule has 6 nitrogen and oxygen atoms in total. The molecule has 25 heavy (non-hydrogen) atoms. The van der Waals surface area contributed by atoms with Gasteiger partial charge in [0.1, 0.15) is 5.82 Å². The summed E-state index contributed by atoms with van der Waals surface area (Å²) in [6, 6.07) is 4.49. The third-order valence-corrected chi connectivity index (χ3v) is 5.31. The number of rotatable bonds is 4. The molecule has 2 aliphatic rings. The molecule has 2 aliphatic heterocycles. The van der Waals surface area contributed by atoms with Gasteiger partial charge in [0.2, 0.25) is 5.91 Å². The van der Waals surface area contributed by atoms with Crippen LogP contribution in [0.5, 0.6) is 0 Å². The first-order valence-corrected chi connectivity index (χ1v) is 9.35. The Hall–Kier alpha value is -1.82. The number of hydrogen-bond acceptors (Lipinski definition) is 5. The van der Waals surface area contributed by atoms with Crippen molar-refractivity contribution in [2.45, 2.75) is 44.8 Å². The SMILES string of the molecule is CC1OCCC1C(=O)N1CCCC(Nc2ccc(N(C)C)nc2)CC1. The van der Waals surface area contributed by atoms with Gasteiger partial charge in [0, 0.05) is 39.8 Å². The van der Waals surface area contributed by atoms with Gasteiger partial charge in [0.15, 0.2) is 0 Å². The van der Waals surface area contributed by atoms with Crippen molar-refractivity contribution in [3.05, 3.63) is 18.3 Å². The third-order valence-electron chi connectivity index (χ3n) is 5.31. The molecule has 3 heterocycles. The second-order valence-electron chi connectivity index (χ2n) is 7.37. The van der Waals surface area contributed by atoms with Crippen molar-refractivity contribution >= 4 is 17.4 Å². The Labute approximate surface area is 150 Å². The van der Waals surface area contributed by atoms with E-state index >= 15 is 0 Å². The van der Waals surface area contributed by atoms with E-state index in [1.807, 2.05) is 43.1 Å². The maximum absolute atomic E-state index is 12.7. The molecule has 6 heteroatoms. The molecular formula is C19H30N4O2. The van der Waals surface area contributed by atoms with Crippen molar-refractivity contribution in [3.8, 4) is 0 Å². The zero-order valence-corrected chi connectivity index (χ0v) is 15.6. The van der Waals surface area contributed by atoms with Crippen LogP contribution in [0, 0.1) is 5.92 Å². The van der Waals surface area contributed by atoms with Crippen molar-refractivity contribution in [2.24, 2.45) is 5.92 Å². The number of pyridine rings is 1. The molecular weight excluding hydrogens is 316 g/mol. The minimum atomic E-state index is 0.0484. The fourth-order valence-electron chi connectivity index (χ4n) is 3.72. The minimum absolute atomic E-state index is 0.0484. The van der Waals surface area contributed by atoms with Gasteiger partial charge in [-0.1, -0.05) is 0 Å². The molecule has 1 N–H and O–H groups in total. The molecule has 2 fully saturated rings. The third kappa shape index (κ3) is 4.42. The highest BCUT2D eigenvalue weighted by Crippen LogP contribution is 2.25. The molecule has 0 spiro atoms. The van der Waals surface area contributed by atoms with Crippen LogP contribution < -0.4 is 10.2 Å². The van der Waals surface area contributed by atoms with E-state index < -0.39 is 0 Å². The zero-order valence-electron chi connectivity index (χ0n) is 15.6. The van der Waals surface area contributed by atoms with E-state index in [0.717, 1.165) is 50.3 Å². The van der Waals surface area contributed by atoms with Gasteiger partial charge < -0.3 is 19.9 Å². The van der Waals surface area contributed by atoms with Crippen LogP contribution in [0.4, 0.5) is 11.5 Å². The van der Waals surface area contributed by atoms with Gasteiger partial charge in [-0.15, -0.1) is 0 Å². The fraction of sp³-hybridized carbons (Fsp3) is 0.684. The predicted octanol–water partition coefficient (Wildman–Crippen LogP) is 2.37. The number of ether oxygens (including phenoxy) is 1. The summed E-state index contributed by atoms with van der Waals surface area (Å²) in [5, 5.41) is 3.58. The van der Waals surface area contributed by atoms with Crippen LogP contribution in [0.2, 0.25) is 0 Å². The van der Waals surface area contributed by atoms with E-state index in [2.05, 4.69) is 16.4 Å². The average Bonchev–Trinajstić information content (AvgIpc) is 2.89. The van der Waals surface area contributed by atoms with Crippen molar-refractivity contribution < 1.29 is 9.53 Å². The van der Waals surface area contributed by atoms with Crippen LogP contribution in [-0.2, 0) is 9.53 Å². The molecule has 0 aromatic carbocycles. The topological polar surface area (TPSA) is 57.7 Å². The summed E-state index contributed by atoms with van der Waals surface area (Å²) in [4.78, 5) is 21.2. The molecule has 0 bridgehead atoms. The summed E-state index contributed by atoms with van der Waals surface area (Å²) in [6.07, 6.45) is 5.90. The molecule has 0 radical (unpaired) electrons. The molecule has 1 aromatic rings. The van der Waals surface area contributed by atoms with E-state index in [-0.39, 0.29) is 17.9 Å². The molecule has 0 saturated carbocycles. The van der Waals surface area contributed by atoms with Crippen LogP contribution >= 0.6 is 0 Å². The number of amides is 1. The van der Waals surface area contributed by atoms with E-state index in [4.69, 9.17) is 4.74 Å². The van der Waals surface area contributed by atoms with Gasteiger partial charge in [-0.05, 0) is 44.7 Å². The highest BCUT2D eigenvalue weighted by molar-refractivity contribution is 5.79. The minimum Gasteiger partial charge on any atom is -0.381 e. The normalized spacial score (nSPS) is 27.0. The zero-order chi connectivity index (χ0) is 17.8. The molecule has 138 valence electrons. The maximum atomic E-state index is 12.7. The summed E-state index contributed by atoms with van der Waals surface area (Å²) in [5.41, 5.74) is 1.05. The maximum Gasteiger partial charge on any atom is 0.228 e. The summed E-state index contributed by atoms with van der Waals surface area (Å²) >= 11 is 0. The van der Waals surface area contributed by atoms with Gasteiger partial charge >= 0.3 is 0 Å². The van der Waals surface area contributed by atoms with Gasteiger partial charge in [-0.3, -0.25) is 4.79 Å². The van der Waals surface area contributed by atoms with Crippen LogP contribution in [0.1, 0.15) is 32.6 Å². The number of aromatic nitrogens is 1. The van der Waals surface area contributed by atoms with Gasteiger partial charge in [-0.25, -0.2) is 4.98 Å². The Morgan fingerprint density at radius 2 is 2.12 bits per heavy atom. The molecule has 3 atom stereocenters. The van der Waals surface area contributed by atoms with Crippen LogP contribution in [0.15, 0.2) is 18.3 Å². The quantitative estimate of drug-likeness (QED) is 0.907. The number of carbonyl (C=O) groups is 1. The van der Waals surface area contributed by atoms with Gasteiger partial charge in [-0.2, -0.15) is 0 Å². The second kappa shape index (κ2) is 8.04. The standard InChI is InChI=1S/C19H30N4O2/c1-14-17(9-12-25-14)19(24)23-10-4-5-15(8-11-23)21-16-6-7-18(20-13-16)22(2)3/h6-7,13-15,17,21H,4-5,8-12H2,1-3H3. The molecule has 3 unspecified atom stereocenters. The Bertz CT molecular complexity index is 575. The van der Waals surface area contributed by atoms with E-state index in [0.29, 0.717) is 12.6 Å². The smallest absolute Gasteiger partial charge is 0.228 e. The Morgan fingerprint density at radius 3 is 2.76 bits per heavy atom. The van der Waals surface area contributed by atoms with Gasteiger partial charge in [0.25, 0.3) is 0 Å². The Kier molecular flexibility index (Phi) is 5.78. The summed E-state index contributed by atoms with van der Waals surface area (Å²) in [6.45, 7) is 4.41. The molecule has 3 rings (SSSR count). The monoisotopic (exact) mass is 346 g/mol. The van der Waals surface area contributed by atoms with Crippen LogP contribution in [-0.4, -0.2) is 61.7 Å². The Balaban J connectivity index is 1.53. The molecule has 1 amide bonds. The highest BCUT2D eigenvalue weighted by atomic mass is 16.5. The van der Waals surface area contributed by atoms with Gasteiger partial charge in [0.05, 0.1) is 23.9 Å². The van der Waals surface area contributed by atoms with Crippen molar-refractivity contribution in [1.82, 2.24) is 9.88 Å². The number of carbonyl (C=O) groups excluding carboxylic acids is 1. The second-order valence-corrected chi connectivity index (χ2v) is 7.37. The first kappa shape index (κ1) is 18.0. The number of nitrogens with zero attached hydrogens (tertiary/aromatic N) is 3. The number of likely N-dealkylation sites (tertiary alicyclic amines) is 1. The number of hydrogen-bond donors (Lipinski definition) is 1. The lowest BCUT2D eigenvalue weighted by Gasteiger charge is -2.25. The molecule has 0 aliphatic carbocycles.